The zero-order valence-electron chi connectivity index (χ0n) is 12.6. The predicted molar refractivity (Wildman–Crippen MR) is 71.6 cm³/mol. The number of hydrogen-bond donors (Lipinski definition) is 2. The average molecular weight is 308 g/mol. The SMILES string of the molecule is CC1(C)C(=O)N[C@@H]1C1CCN(C[C@@](C)(O)C(F)(F)F)CC1. The van der Waals surface area contributed by atoms with E-state index >= 15 is 0 Å². The lowest BCUT2D eigenvalue weighted by molar-refractivity contribution is -0.258. The van der Waals surface area contributed by atoms with Crippen molar-refractivity contribution in [1.82, 2.24) is 10.2 Å². The molecule has 2 saturated heterocycles. The second-order valence-corrected chi connectivity index (χ2v) is 7.06. The Morgan fingerprint density at radius 3 is 2.24 bits per heavy atom. The van der Waals surface area contributed by atoms with Crippen molar-refractivity contribution in [2.75, 3.05) is 19.6 Å². The van der Waals surface area contributed by atoms with Crippen LogP contribution in [0.4, 0.5) is 13.2 Å². The van der Waals surface area contributed by atoms with E-state index in [1.54, 1.807) is 4.90 Å². The van der Waals surface area contributed by atoms with Crippen molar-refractivity contribution in [1.29, 1.82) is 0 Å². The molecule has 2 aliphatic rings. The van der Waals surface area contributed by atoms with Crippen LogP contribution in [0.5, 0.6) is 0 Å². The van der Waals surface area contributed by atoms with Gasteiger partial charge in [-0.15, -0.1) is 0 Å². The van der Waals surface area contributed by atoms with E-state index in [-0.39, 0.29) is 17.4 Å². The van der Waals surface area contributed by atoms with Gasteiger partial charge in [-0.25, -0.2) is 0 Å². The molecule has 4 nitrogen and oxygen atoms in total. The van der Waals surface area contributed by atoms with E-state index in [9.17, 15) is 23.1 Å². The predicted octanol–water partition coefficient (Wildman–Crippen LogP) is 1.54. The van der Waals surface area contributed by atoms with Crippen LogP contribution in [0.2, 0.25) is 0 Å². The third-order valence-corrected chi connectivity index (χ3v) is 4.90. The first-order valence-electron chi connectivity index (χ1n) is 7.27. The highest BCUT2D eigenvalue weighted by Crippen LogP contribution is 2.39. The van der Waals surface area contributed by atoms with Crippen LogP contribution < -0.4 is 5.32 Å². The minimum Gasteiger partial charge on any atom is -0.380 e. The molecule has 2 heterocycles. The Balaban J connectivity index is 1.86. The molecule has 0 aromatic heterocycles. The molecule has 2 rings (SSSR count). The van der Waals surface area contributed by atoms with Crippen LogP contribution in [0.3, 0.4) is 0 Å². The molecular weight excluding hydrogens is 285 g/mol. The van der Waals surface area contributed by atoms with Crippen LogP contribution in [-0.2, 0) is 4.79 Å². The molecule has 0 aromatic rings. The van der Waals surface area contributed by atoms with Crippen LogP contribution in [-0.4, -0.2) is 53.4 Å². The molecule has 0 unspecified atom stereocenters. The first-order valence-corrected chi connectivity index (χ1v) is 7.27. The van der Waals surface area contributed by atoms with Crippen molar-refractivity contribution in [3.8, 4) is 0 Å². The molecular formula is C14H23F3N2O2. The van der Waals surface area contributed by atoms with Gasteiger partial charge in [-0.1, -0.05) is 0 Å². The van der Waals surface area contributed by atoms with E-state index in [2.05, 4.69) is 5.32 Å². The van der Waals surface area contributed by atoms with E-state index in [0.717, 1.165) is 19.8 Å². The van der Waals surface area contributed by atoms with E-state index in [1.807, 2.05) is 13.8 Å². The molecule has 0 bridgehead atoms. The second-order valence-electron chi connectivity index (χ2n) is 7.06. The molecule has 2 N–H and O–H groups in total. The van der Waals surface area contributed by atoms with Crippen molar-refractivity contribution in [3.05, 3.63) is 0 Å². The molecule has 0 radical (unpaired) electrons. The summed E-state index contributed by atoms with van der Waals surface area (Å²) in [5, 5.41) is 12.4. The highest BCUT2D eigenvalue weighted by molar-refractivity contribution is 5.89. The summed E-state index contributed by atoms with van der Waals surface area (Å²) in [6, 6.07) is 0.107. The van der Waals surface area contributed by atoms with Gasteiger partial charge in [0, 0.05) is 12.6 Å². The topological polar surface area (TPSA) is 52.6 Å². The standard InChI is InChI=1S/C14H23F3N2O2/c1-12(2)10(18-11(12)20)9-4-6-19(7-5-9)8-13(3,21)14(15,16)17/h9-10,21H,4-8H2,1-3H3,(H,18,20)/t10-,13-/m1/s1. The van der Waals surface area contributed by atoms with Crippen LogP contribution >= 0.6 is 0 Å². The highest BCUT2D eigenvalue weighted by atomic mass is 19.4. The fraction of sp³-hybridized carbons (Fsp3) is 0.929. The largest absolute Gasteiger partial charge is 0.418 e. The minimum absolute atomic E-state index is 0.0370. The molecule has 2 atom stereocenters. The highest BCUT2D eigenvalue weighted by Gasteiger charge is 2.53. The number of carbonyl (C=O) groups excluding carboxylic acids is 1. The van der Waals surface area contributed by atoms with Gasteiger partial charge in [0.15, 0.2) is 5.60 Å². The number of nitrogens with zero attached hydrogens (tertiary/aromatic N) is 1. The van der Waals surface area contributed by atoms with Gasteiger partial charge in [0.2, 0.25) is 5.91 Å². The lowest BCUT2D eigenvalue weighted by Crippen LogP contribution is -2.68. The van der Waals surface area contributed by atoms with E-state index in [0.29, 0.717) is 19.0 Å². The monoisotopic (exact) mass is 308 g/mol. The van der Waals surface area contributed by atoms with Crippen molar-refractivity contribution in [2.45, 2.75) is 51.4 Å². The van der Waals surface area contributed by atoms with Gasteiger partial charge in [0.05, 0.1) is 5.41 Å². The number of rotatable bonds is 3. The quantitative estimate of drug-likeness (QED) is 0.778. The van der Waals surface area contributed by atoms with Gasteiger partial charge in [-0.2, -0.15) is 13.2 Å². The fourth-order valence-electron chi connectivity index (χ4n) is 3.25. The molecule has 2 fully saturated rings. The maximum absolute atomic E-state index is 12.7. The maximum atomic E-state index is 12.7. The Morgan fingerprint density at radius 2 is 1.86 bits per heavy atom. The Kier molecular flexibility index (Phi) is 4.04. The van der Waals surface area contributed by atoms with E-state index in [4.69, 9.17) is 0 Å². The number of nitrogens with one attached hydrogen (secondary N) is 1. The van der Waals surface area contributed by atoms with Crippen molar-refractivity contribution in [2.24, 2.45) is 11.3 Å². The van der Waals surface area contributed by atoms with Crippen LogP contribution in [0.1, 0.15) is 33.6 Å². The Hall–Kier alpha value is -0.820. The molecule has 1 amide bonds. The summed E-state index contributed by atoms with van der Waals surface area (Å²) in [5.74, 6) is 0.333. The van der Waals surface area contributed by atoms with Gasteiger partial charge >= 0.3 is 6.18 Å². The number of β-lactam (4-membered cyclic amide) rings is 1. The van der Waals surface area contributed by atoms with E-state index < -0.39 is 18.3 Å². The summed E-state index contributed by atoms with van der Waals surface area (Å²) >= 11 is 0. The molecule has 21 heavy (non-hydrogen) atoms. The smallest absolute Gasteiger partial charge is 0.380 e. The number of piperidine rings is 1. The van der Waals surface area contributed by atoms with Crippen molar-refractivity contribution >= 4 is 5.91 Å². The van der Waals surface area contributed by atoms with Crippen molar-refractivity contribution < 1.29 is 23.1 Å². The number of β-amino-alcohol motifs (C(OH)–C–C–N with tert-alkyl or cyclic N) is 1. The lowest BCUT2D eigenvalue weighted by Gasteiger charge is -2.50. The maximum Gasteiger partial charge on any atom is 0.418 e. The number of carbonyl (C=O) groups is 1. The molecule has 0 spiro atoms. The Morgan fingerprint density at radius 1 is 1.33 bits per heavy atom. The molecule has 7 heteroatoms. The molecule has 2 aliphatic heterocycles. The van der Waals surface area contributed by atoms with Crippen LogP contribution in [0.25, 0.3) is 0 Å². The number of amides is 1. The molecule has 122 valence electrons. The van der Waals surface area contributed by atoms with E-state index in [1.165, 1.54) is 0 Å². The summed E-state index contributed by atoms with van der Waals surface area (Å²) in [5.41, 5.74) is -3.06. The molecule has 0 aliphatic carbocycles. The van der Waals surface area contributed by atoms with Crippen molar-refractivity contribution in [3.63, 3.8) is 0 Å². The third-order valence-electron chi connectivity index (χ3n) is 4.90. The summed E-state index contributed by atoms with van der Waals surface area (Å²) in [6.07, 6.45) is -3.14. The number of likely N-dealkylation sites (tertiary alicyclic amines) is 1. The van der Waals surface area contributed by atoms with Crippen LogP contribution in [0, 0.1) is 11.3 Å². The number of hydrogen-bond acceptors (Lipinski definition) is 3. The Labute approximate surface area is 122 Å². The van der Waals surface area contributed by atoms with Gasteiger partial charge in [0.1, 0.15) is 0 Å². The first-order chi connectivity index (χ1) is 9.45. The summed E-state index contributed by atoms with van der Waals surface area (Å²) < 4.78 is 38.0. The van der Waals surface area contributed by atoms with Gasteiger partial charge < -0.3 is 15.3 Å². The number of halogens is 3. The lowest BCUT2D eigenvalue weighted by atomic mass is 9.68. The summed E-state index contributed by atoms with van der Waals surface area (Å²) in [7, 11) is 0. The molecule has 0 saturated carbocycles. The van der Waals surface area contributed by atoms with Gasteiger partial charge in [0.25, 0.3) is 0 Å². The van der Waals surface area contributed by atoms with Crippen LogP contribution in [0.15, 0.2) is 0 Å². The number of alkyl halides is 3. The normalized spacial score (nSPS) is 30.4. The zero-order valence-corrected chi connectivity index (χ0v) is 12.6. The third kappa shape index (κ3) is 3.04. The van der Waals surface area contributed by atoms with Gasteiger partial charge in [-0.05, 0) is 52.6 Å². The average Bonchev–Trinajstić information content (AvgIpc) is 2.35. The minimum atomic E-state index is -4.62. The summed E-state index contributed by atoms with van der Waals surface area (Å²) in [4.78, 5) is 13.1. The fourth-order valence-corrected chi connectivity index (χ4v) is 3.25. The summed E-state index contributed by atoms with van der Waals surface area (Å²) in [6.45, 7) is 5.24. The second kappa shape index (κ2) is 5.12. The molecule has 0 aromatic carbocycles. The Bertz CT molecular complexity index is 413. The van der Waals surface area contributed by atoms with Gasteiger partial charge in [-0.3, -0.25) is 4.79 Å². The zero-order chi connectivity index (χ0) is 16.1. The number of aliphatic hydroxyl groups is 1. The first kappa shape index (κ1) is 16.5.